The molecule has 0 aliphatic heterocycles. The number of nitrogens with two attached hydrogens (primary N) is 1. The van der Waals surface area contributed by atoms with Gasteiger partial charge in [-0.2, -0.15) is 0 Å². The van der Waals surface area contributed by atoms with Crippen molar-refractivity contribution in [3.05, 3.63) is 23.8 Å². The van der Waals surface area contributed by atoms with Crippen molar-refractivity contribution >= 4 is 24.3 Å². The summed E-state index contributed by atoms with van der Waals surface area (Å²) in [6.45, 7) is 2.19. The van der Waals surface area contributed by atoms with E-state index in [9.17, 15) is 4.79 Å². The Hall–Kier alpha value is -1.16. The molecule has 1 rings (SSSR count). The molecule has 0 aromatic heterocycles. The van der Waals surface area contributed by atoms with Gasteiger partial charge in [-0.25, -0.2) is 0 Å². The Labute approximate surface area is 88.7 Å². The van der Waals surface area contributed by atoms with Crippen LogP contribution in [-0.4, -0.2) is 12.6 Å². The van der Waals surface area contributed by atoms with Crippen LogP contribution < -0.4 is 5.73 Å². The molecule has 1 aromatic carbocycles. The molecule has 76 valence electrons. The summed E-state index contributed by atoms with van der Waals surface area (Å²) in [6, 6.07) is 5.30. The summed E-state index contributed by atoms with van der Waals surface area (Å²) < 4.78 is 4.82. The summed E-state index contributed by atoms with van der Waals surface area (Å²) in [6.07, 6.45) is 0.266. The predicted molar refractivity (Wildman–Crippen MR) is 58.4 cm³/mol. The van der Waals surface area contributed by atoms with Crippen molar-refractivity contribution in [1.82, 2.24) is 0 Å². The number of ether oxygens (including phenoxy) is 1. The number of hydrogen-bond donors (Lipinski definition) is 2. The van der Waals surface area contributed by atoms with Crippen molar-refractivity contribution in [2.24, 2.45) is 0 Å². The molecule has 14 heavy (non-hydrogen) atoms. The number of carbonyl (C=O) groups is 1. The molecule has 0 atom stereocenters. The molecule has 0 aliphatic rings. The van der Waals surface area contributed by atoms with Crippen molar-refractivity contribution < 1.29 is 9.53 Å². The molecule has 0 amide bonds. The number of thiol groups is 1. The summed E-state index contributed by atoms with van der Waals surface area (Å²) in [4.78, 5) is 11.8. The highest BCUT2D eigenvalue weighted by Gasteiger charge is 2.04. The highest BCUT2D eigenvalue weighted by molar-refractivity contribution is 7.80. The van der Waals surface area contributed by atoms with Gasteiger partial charge in [0, 0.05) is 10.6 Å². The van der Waals surface area contributed by atoms with Crippen LogP contribution in [0.5, 0.6) is 0 Å². The van der Waals surface area contributed by atoms with Gasteiger partial charge in [-0.3, -0.25) is 4.79 Å². The Morgan fingerprint density at radius 2 is 2.29 bits per heavy atom. The first kappa shape index (κ1) is 10.9. The van der Waals surface area contributed by atoms with Crippen LogP contribution in [0.3, 0.4) is 0 Å². The smallest absolute Gasteiger partial charge is 0.310 e. The van der Waals surface area contributed by atoms with E-state index in [1.54, 1.807) is 25.1 Å². The zero-order valence-corrected chi connectivity index (χ0v) is 8.88. The maximum Gasteiger partial charge on any atom is 0.310 e. The molecule has 0 unspecified atom stereocenters. The second-order valence-electron chi connectivity index (χ2n) is 2.87. The van der Waals surface area contributed by atoms with Crippen molar-refractivity contribution in [3.8, 4) is 0 Å². The molecule has 0 aliphatic carbocycles. The lowest BCUT2D eigenvalue weighted by Gasteiger charge is -2.04. The molecule has 3 nitrogen and oxygen atoms in total. The highest BCUT2D eigenvalue weighted by atomic mass is 32.1. The Kier molecular flexibility index (Phi) is 3.83. The van der Waals surface area contributed by atoms with E-state index < -0.39 is 0 Å². The summed E-state index contributed by atoms with van der Waals surface area (Å²) in [5.74, 6) is -0.231. The maximum atomic E-state index is 11.1. The first-order valence-electron chi connectivity index (χ1n) is 4.36. The molecular formula is C10H13NO2S. The number of carbonyl (C=O) groups excluding carboxylic acids is 1. The monoisotopic (exact) mass is 211 g/mol. The number of nitrogen functional groups attached to an aromatic ring is 1. The topological polar surface area (TPSA) is 52.3 Å². The molecule has 4 heteroatoms. The zero-order chi connectivity index (χ0) is 10.6. The largest absolute Gasteiger partial charge is 0.466 e. The standard InChI is InChI=1S/C10H13NO2S/c1-2-13-10(12)6-7-3-4-8(11)9(14)5-7/h3-5,14H,2,6,11H2,1H3. The SMILES string of the molecule is CCOC(=O)Cc1ccc(N)c(S)c1. The lowest BCUT2D eigenvalue weighted by Crippen LogP contribution is -2.07. The minimum Gasteiger partial charge on any atom is -0.466 e. The van der Waals surface area contributed by atoms with Gasteiger partial charge in [-0.05, 0) is 24.6 Å². The van der Waals surface area contributed by atoms with Crippen LogP contribution in [0.4, 0.5) is 5.69 Å². The number of rotatable bonds is 3. The summed E-state index contributed by atoms with van der Waals surface area (Å²) in [5.41, 5.74) is 7.06. The highest BCUT2D eigenvalue weighted by Crippen LogP contribution is 2.18. The molecule has 0 heterocycles. The lowest BCUT2D eigenvalue weighted by atomic mass is 10.1. The Morgan fingerprint density at radius 3 is 2.86 bits per heavy atom. The summed E-state index contributed by atoms with van der Waals surface area (Å²) in [5, 5.41) is 0. The molecule has 2 N–H and O–H groups in total. The zero-order valence-electron chi connectivity index (χ0n) is 7.99. The van der Waals surface area contributed by atoms with Crippen LogP contribution in [0.25, 0.3) is 0 Å². The second kappa shape index (κ2) is 4.91. The molecule has 0 spiro atoms. The normalized spacial score (nSPS) is 9.86. The fourth-order valence-electron chi connectivity index (χ4n) is 1.08. The second-order valence-corrected chi connectivity index (χ2v) is 3.36. The van der Waals surface area contributed by atoms with E-state index in [0.717, 1.165) is 5.56 Å². The number of hydrogen-bond acceptors (Lipinski definition) is 4. The fraction of sp³-hybridized carbons (Fsp3) is 0.300. The molecule has 0 bridgehead atoms. The van der Waals surface area contributed by atoms with Crippen LogP contribution in [0.15, 0.2) is 23.1 Å². The van der Waals surface area contributed by atoms with E-state index in [0.29, 0.717) is 17.2 Å². The average molecular weight is 211 g/mol. The molecule has 0 saturated carbocycles. The van der Waals surface area contributed by atoms with Gasteiger partial charge in [0.2, 0.25) is 0 Å². The van der Waals surface area contributed by atoms with Gasteiger partial charge in [0.25, 0.3) is 0 Å². The van der Waals surface area contributed by atoms with E-state index in [4.69, 9.17) is 10.5 Å². The van der Waals surface area contributed by atoms with Gasteiger partial charge in [0.15, 0.2) is 0 Å². The minimum atomic E-state index is -0.231. The van der Waals surface area contributed by atoms with Crippen LogP contribution in [-0.2, 0) is 16.0 Å². The Balaban J connectivity index is 2.68. The van der Waals surface area contributed by atoms with E-state index in [1.165, 1.54) is 0 Å². The first-order valence-corrected chi connectivity index (χ1v) is 4.81. The maximum absolute atomic E-state index is 11.1. The molecular weight excluding hydrogens is 198 g/mol. The van der Waals surface area contributed by atoms with E-state index in [2.05, 4.69) is 12.6 Å². The third-order valence-corrected chi connectivity index (χ3v) is 2.14. The third kappa shape index (κ3) is 2.96. The quantitative estimate of drug-likeness (QED) is 0.454. The van der Waals surface area contributed by atoms with E-state index in [1.807, 2.05) is 0 Å². The summed E-state index contributed by atoms with van der Waals surface area (Å²) >= 11 is 4.16. The molecule has 1 aromatic rings. The van der Waals surface area contributed by atoms with Crippen molar-refractivity contribution in [1.29, 1.82) is 0 Å². The van der Waals surface area contributed by atoms with Gasteiger partial charge in [0.05, 0.1) is 13.0 Å². The van der Waals surface area contributed by atoms with Gasteiger partial charge in [-0.15, -0.1) is 12.6 Å². The van der Waals surface area contributed by atoms with Gasteiger partial charge < -0.3 is 10.5 Å². The van der Waals surface area contributed by atoms with Crippen LogP contribution in [0, 0.1) is 0 Å². The Morgan fingerprint density at radius 1 is 1.57 bits per heavy atom. The molecule has 0 radical (unpaired) electrons. The van der Waals surface area contributed by atoms with E-state index in [-0.39, 0.29) is 12.4 Å². The van der Waals surface area contributed by atoms with Crippen molar-refractivity contribution in [3.63, 3.8) is 0 Å². The fourth-order valence-corrected chi connectivity index (χ4v) is 1.32. The van der Waals surface area contributed by atoms with Crippen molar-refractivity contribution in [2.45, 2.75) is 18.2 Å². The van der Waals surface area contributed by atoms with Gasteiger partial charge >= 0.3 is 5.97 Å². The van der Waals surface area contributed by atoms with Crippen LogP contribution >= 0.6 is 12.6 Å². The first-order chi connectivity index (χ1) is 6.63. The lowest BCUT2D eigenvalue weighted by molar-refractivity contribution is -0.142. The van der Waals surface area contributed by atoms with Crippen molar-refractivity contribution in [2.75, 3.05) is 12.3 Å². The molecule has 0 fully saturated rings. The van der Waals surface area contributed by atoms with Crippen LogP contribution in [0.1, 0.15) is 12.5 Å². The predicted octanol–water partition coefficient (Wildman–Crippen LogP) is 1.66. The van der Waals surface area contributed by atoms with Crippen LogP contribution in [0.2, 0.25) is 0 Å². The number of benzene rings is 1. The average Bonchev–Trinajstić information content (AvgIpc) is 2.12. The van der Waals surface area contributed by atoms with E-state index >= 15 is 0 Å². The number of esters is 1. The minimum absolute atomic E-state index is 0.231. The Bertz CT molecular complexity index is 339. The third-order valence-electron chi connectivity index (χ3n) is 1.75. The number of anilines is 1. The van der Waals surface area contributed by atoms with Gasteiger partial charge in [0.1, 0.15) is 0 Å². The molecule has 0 saturated heterocycles. The van der Waals surface area contributed by atoms with Gasteiger partial charge in [-0.1, -0.05) is 6.07 Å². The summed E-state index contributed by atoms with van der Waals surface area (Å²) in [7, 11) is 0.